The Balaban J connectivity index is 2.65. The maximum Gasteiger partial charge on any atom is 0.0768 e. The first-order valence-corrected chi connectivity index (χ1v) is 13.2. The van der Waals surface area contributed by atoms with Crippen molar-refractivity contribution >= 4 is 7.26 Å². The molecule has 0 amide bonds. The molecule has 1 aliphatic rings. The molecule has 1 fully saturated rings. The van der Waals surface area contributed by atoms with E-state index in [2.05, 4.69) is 48.2 Å². The predicted molar refractivity (Wildman–Crippen MR) is 111 cm³/mol. The van der Waals surface area contributed by atoms with Crippen LogP contribution in [0.4, 0.5) is 0 Å². The van der Waals surface area contributed by atoms with Gasteiger partial charge in [0.2, 0.25) is 0 Å². The zero-order valence-electron chi connectivity index (χ0n) is 17.5. The molecule has 1 saturated carbocycles. The summed E-state index contributed by atoms with van der Waals surface area (Å²) < 4.78 is 0. The molecule has 0 radical (unpaired) electrons. The first-order chi connectivity index (χ1) is 10.8. The van der Waals surface area contributed by atoms with E-state index >= 15 is 0 Å². The third-order valence-electron chi connectivity index (χ3n) is 7.75. The molecule has 1 heteroatoms. The minimum absolute atomic E-state index is 0.550. The summed E-state index contributed by atoms with van der Waals surface area (Å²) in [6, 6.07) is 0. The molecular weight excluding hydrogens is 295 g/mol. The summed E-state index contributed by atoms with van der Waals surface area (Å²) >= 11 is 0. The van der Waals surface area contributed by atoms with E-state index in [-0.39, 0.29) is 0 Å². The quantitative estimate of drug-likeness (QED) is 0.250. The lowest BCUT2D eigenvalue weighted by atomic mass is 9.82. The molecule has 0 N–H and O–H groups in total. The molecule has 0 spiro atoms. The topological polar surface area (TPSA) is 0 Å². The largest absolute Gasteiger partial charge is 0.0768 e. The van der Waals surface area contributed by atoms with Gasteiger partial charge in [-0.3, -0.25) is 0 Å². The molecule has 0 aromatic carbocycles. The summed E-state index contributed by atoms with van der Waals surface area (Å²) in [5.41, 5.74) is 0. The van der Waals surface area contributed by atoms with Crippen LogP contribution >= 0.6 is 7.26 Å². The van der Waals surface area contributed by atoms with E-state index in [1.54, 1.807) is 6.16 Å². The van der Waals surface area contributed by atoms with Crippen molar-refractivity contribution in [3.05, 3.63) is 0 Å². The van der Waals surface area contributed by atoms with Gasteiger partial charge in [0.1, 0.15) is 0 Å². The molecule has 0 heterocycles. The monoisotopic (exact) mass is 341 g/mol. The SMILES string of the molecule is CCCC[P+](C)(CCCCC1CCC1)C(C)(C)C(C)C(C)CC. The summed E-state index contributed by atoms with van der Waals surface area (Å²) in [7, 11) is -0.862. The Hall–Kier alpha value is 0.430. The van der Waals surface area contributed by atoms with Gasteiger partial charge in [-0.05, 0) is 50.9 Å². The maximum absolute atomic E-state index is 2.73. The zero-order chi connectivity index (χ0) is 17.5. The van der Waals surface area contributed by atoms with Crippen molar-refractivity contribution in [2.24, 2.45) is 17.8 Å². The Morgan fingerprint density at radius 3 is 2.09 bits per heavy atom. The standard InChI is InChI=1S/C22H46P/c1-8-10-17-23(7,18-12-11-14-21-15-13-16-21)22(5,6)20(4)19(3)9-2/h19-21H,8-18H2,1-7H3/q+1. The molecule has 1 rings (SSSR count). The highest BCUT2D eigenvalue weighted by Gasteiger charge is 2.50. The molecule has 0 saturated heterocycles. The van der Waals surface area contributed by atoms with Crippen molar-refractivity contribution in [3.63, 3.8) is 0 Å². The van der Waals surface area contributed by atoms with E-state index in [1.807, 2.05) is 0 Å². The highest BCUT2D eigenvalue weighted by molar-refractivity contribution is 7.76. The molecule has 0 bridgehead atoms. The van der Waals surface area contributed by atoms with Crippen molar-refractivity contribution in [1.82, 2.24) is 0 Å². The minimum Gasteiger partial charge on any atom is -0.0652 e. The van der Waals surface area contributed by atoms with Crippen LogP contribution in [0.3, 0.4) is 0 Å². The third kappa shape index (κ3) is 5.73. The summed E-state index contributed by atoms with van der Waals surface area (Å²) in [4.78, 5) is 0. The van der Waals surface area contributed by atoms with E-state index in [0.29, 0.717) is 5.16 Å². The lowest BCUT2D eigenvalue weighted by Crippen LogP contribution is -2.38. The van der Waals surface area contributed by atoms with Crippen LogP contribution in [0.15, 0.2) is 0 Å². The highest BCUT2D eigenvalue weighted by Crippen LogP contribution is 2.70. The lowest BCUT2D eigenvalue weighted by molar-refractivity contribution is 0.288. The van der Waals surface area contributed by atoms with Gasteiger partial charge in [0.25, 0.3) is 0 Å². The van der Waals surface area contributed by atoms with E-state index < -0.39 is 7.26 Å². The smallest absolute Gasteiger partial charge is 0.0652 e. The molecule has 138 valence electrons. The Morgan fingerprint density at radius 2 is 1.61 bits per heavy atom. The Labute approximate surface area is 148 Å². The van der Waals surface area contributed by atoms with Crippen LogP contribution < -0.4 is 0 Å². The van der Waals surface area contributed by atoms with Crippen molar-refractivity contribution in [2.45, 2.75) is 104 Å². The average molecular weight is 342 g/mol. The molecule has 0 nitrogen and oxygen atoms in total. The van der Waals surface area contributed by atoms with E-state index in [4.69, 9.17) is 0 Å². The molecule has 23 heavy (non-hydrogen) atoms. The van der Waals surface area contributed by atoms with Crippen LogP contribution in [-0.2, 0) is 0 Å². The van der Waals surface area contributed by atoms with Crippen LogP contribution in [0, 0.1) is 17.8 Å². The summed E-state index contributed by atoms with van der Waals surface area (Å²) in [5.74, 6) is 2.82. The normalized spacial score (nSPS) is 21.5. The zero-order valence-corrected chi connectivity index (χ0v) is 18.4. The Morgan fingerprint density at radius 1 is 1.00 bits per heavy atom. The second-order valence-corrected chi connectivity index (χ2v) is 14.2. The van der Waals surface area contributed by atoms with Gasteiger partial charge >= 0.3 is 0 Å². The first-order valence-electron chi connectivity index (χ1n) is 10.6. The van der Waals surface area contributed by atoms with Gasteiger partial charge in [-0.2, -0.15) is 0 Å². The van der Waals surface area contributed by atoms with Gasteiger partial charge in [-0.25, -0.2) is 0 Å². The van der Waals surface area contributed by atoms with E-state index in [1.165, 1.54) is 63.9 Å². The van der Waals surface area contributed by atoms with Crippen LogP contribution in [0.5, 0.6) is 0 Å². The molecule has 3 atom stereocenters. The lowest BCUT2D eigenvalue weighted by Gasteiger charge is -2.44. The van der Waals surface area contributed by atoms with Crippen molar-refractivity contribution in [3.8, 4) is 0 Å². The fraction of sp³-hybridized carbons (Fsp3) is 1.00. The number of rotatable bonds is 12. The van der Waals surface area contributed by atoms with Crippen LogP contribution in [0.25, 0.3) is 0 Å². The molecular formula is C22H46P+. The predicted octanol–water partition coefficient (Wildman–Crippen LogP) is 7.87. The maximum atomic E-state index is 2.73. The Bertz CT molecular complexity index is 318. The van der Waals surface area contributed by atoms with Crippen molar-refractivity contribution in [2.75, 3.05) is 19.0 Å². The van der Waals surface area contributed by atoms with Crippen LogP contribution in [-0.4, -0.2) is 24.1 Å². The summed E-state index contributed by atoms with van der Waals surface area (Å²) in [6.45, 7) is 17.7. The van der Waals surface area contributed by atoms with Crippen LogP contribution in [0.1, 0.15) is 99.3 Å². The van der Waals surface area contributed by atoms with Gasteiger partial charge in [0.15, 0.2) is 0 Å². The summed E-state index contributed by atoms with van der Waals surface area (Å²) in [5, 5.41) is 0.550. The van der Waals surface area contributed by atoms with Crippen molar-refractivity contribution in [1.29, 1.82) is 0 Å². The van der Waals surface area contributed by atoms with Crippen molar-refractivity contribution < 1.29 is 0 Å². The third-order valence-corrected chi connectivity index (χ3v) is 13.5. The van der Waals surface area contributed by atoms with Gasteiger partial charge < -0.3 is 0 Å². The number of unbranched alkanes of at least 4 members (excludes halogenated alkanes) is 2. The average Bonchev–Trinajstić information content (AvgIpc) is 2.49. The second kappa shape index (κ2) is 9.79. The number of hydrogen-bond acceptors (Lipinski definition) is 0. The molecule has 1 aliphatic carbocycles. The van der Waals surface area contributed by atoms with E-state index in [0.717, 1.165) is 17.8 Å². The Kier molecular flexibility index (Phi) is 9.14. The molecule has 3 unspecified atom stereocenters. The van der Waals surface area contributed by atoms with Gasteiger partial charge in [0.05, 0.1) is 17.5 Å². The van der Waals surface area contributed by atoms with Gasteiger partial charge in [-0.1, -0.05) is 66.2 Å². The molecule has 0 aromatic rings. The van der Waals surface area contributed by atoms with E-state index in [9.17, 15) is 0 Å². The fourth-order valence-corrected chi connectivity index (χ4v) is 8.96. The first kappa shape index (κ1) is 21.5. The van der Waals surface area contributed by atoms with Gasteiger partial charge in [0, 0.05) is 13.9 Å². The van der Waals surface area contributed by atoms with Gasteiger partial charge in [-0.15, -0.1) is 0 Å². The van der Waals surface area contributed by atoms with Crippen LogP contribution in [0.2, 0.25) is 0 Å². The molecule has 0 aliphatic heterocycles. The minimum atomic E-state index is -0.862. The molecule has 0 aromatic heterocycles. The second-order valence-electron chi connectivity index (χ2n) is 9.32. The fourth-order valence-electron chi connectivity index (χ4n) is 4.41. The number of hydrogen-bond donors (Lipinski definition) is 0. The summed E-state index contributed by atoms with van der Waals surface area (Å²) in [6.07, 6.45) is 16.3. The highest BCUT2D eigenvalue weighted by atomic mass is 31.2.